The summed E-state index contributed by atoms with van der Waals surface area (Å²) in [6.07, 6.45) is 5.00. The van der Waals surface area contributed by atoms with Crippen LogP contribution in [0.5, 0.6) is 5.75 Å². The average Bonchev–Trinajstić information content (AvgIpc) is 2.96. The van der Waals surface area contributed by atoms with Gasteiger partial charge in [0, 0.05) is 12.6 Å². The summed E-state index contributed by atoms with van der Waals surface area (Å²) in [5, 5.41) is 4.20. The zero-order valence-corrected chi connectivity index (χ0v) is 13.1. The van der Waals surface area contributed by atoms with Crippen molar-refractivity contribution in [2.45, 2.75) is 44.8 Å². The summed E-state index contributed by atoms with van der Waals surface area (Å²) >= 11 is 6.22. The van der Waals surface area contributed by atoms with Crippen molar-refractivity contribution in [3.8, 4) is 5.75 Å². The highest BCUT2D eigenvalue weighted by molar-refractivity contribution is 6.32. The highest BCUT2D eigenvalue weighted by atomic mass is 35.5. The van der Waals surface area contributed by atoms with Gasteiger partial charge in [-0.2, -0.15) is 0 Å². The highest BCUT2D eigenvalue weighted by Gasteiger charge is 2.19. The van der Waals surface area contributed by atoms with Gasteiger partial charge in [0.05, 0.1) is 18.2 Å². The molecule has 1 fully saturated rings. The standard InChI is InChI=1S/C16H24ClNO2/c1-3-18-15(8-7-13-5-4-10-20-13)12-6-9-16(19-2)14(17)11-12/h6,9,11,13,15,18H,3-5,7-8,10H2,1-2H3. The van der Waals surface area contributed by atoms with E-state index in [1.165, 1.54) is 18.4 Å². The molecule has 0 spiro atoms. The molecule has 20 heavy (non-hydrogen) atoms. The van der Waals surface area contributed by atoms with Crippen LogP contribution in [0.25, 0.3) is 0 Å². The fraction of sp³-hybridized carbons (Fsp3) is 0.625. The molecule has 0 radical (unpaired) electrons. The van der Waals surface area contributed by atoms with E-state index >= 15 is 0 Å². The first-order valence-electron chi connectivity index (χ1n) is 7.43. The van der Waals surface area contributed by atoms with Gasteiger partial charge in [0.2, 0.25) is 0 Å². The first-order chi connectivity index (χ1) is 9.74. The van der Waals surface area contributed by atoms with Crippen LogP contribution in [0.3, 0.4) is 0 Å². The summed E-state index contributed by atoms with van der Waals surface area (Å²) in [4.78, 5) is 0. The molecular formula is C16H24ClNO2. The third-order valence-electron chi connectivity index (χ3n) is 3.83. The number of rotatable bonds is 7. The normalized spacial score (nSPS) is 20.1. The van der Waals surface area contributed by atoms with E-state index in [-0.39, 0.29) is 0 Å². The van der Waals surface area contributed by atoms with Crippen molar-refractivity contribution in [1.82, 2.24) is 5.32 Å². The van der Waals surface area contributed by atoms with Crippen LogP contribution in [0.1, 0.15) is 44.2 Å². The molecule has 1 aromatic carbocycles. The Morgan fingerprint density at radius 3 is 2.95 bits per heavy atom. The molecule has 0 amide bonds. The summed E-state index contributed by atoms with van der Waals surface area (Å²) in [5.41, 5.74) is 1.22. The molecule has 2 rings (SSSR count). The number of methoxy groups -OCH3 is 1. The molecule has 0 aliphatic carbocycles. The van der Waals surface area contributed by atoms with Gasteiger partial charge in [0.1, 0.15) is 5.75 Å². The zero-order chi connectivity index (χ0) is 14.4. The Kier molecular flexibility index (Phi) is 6.14. The van der Waals surface area contributed by atoms with E-state index in [1.807, 2.05) is 12.1 Å². The van der Waals surface area contributed by atoms with Crippen molar-refractivity contribution in [2.24, 2.45) is 0 Å². The van der Waals surface area contributed by atoms with Gasteiger partial charge in [-0.3, -0.25) is 0 Å². The van der Waals surface area contributed by atoms with Gasteiger partial charge in [0.15, 0.2) is 0 Å². The van der Waals surface area contributed by atoms with E-state index in [4.69, 9.17) is 21.1 Å². The topological polar surface area (TPSA) is 30.5 Å². The minimum atomic E-state index is 0.326. The number of nitrogens with one attached hydrogen (secondary N) is 1. The van der Waals surface area contributed by atoms with Crippen LogP contribution in [0.15, 0.2) is 18.2 Å². The third-order valence-corrected chi connectivity index (χ3v) is 4.13. The van der Waals surface area contributed by atoms with Gasteiger partial charge >= 0.3 is 0 Å². The third kappa shape index (κ3) is 4.11. The maximum absolute atomic E-state index is 6.22. The quantitative estimate of drug-likeness (QED) is 0.826. The monoisotopic (exact) mass is 297 g/mol. The molecule has 1 heterocycles. The van der Waals surface area contributed by atoms with Crippen molar-refractivity contribution in [2.75, 3.05) is 20.3 Å². The number of hydrogen-bond donors (Lipinski definition) is 1. The minimum Gasteiger partial charge on any atom is -0.495 e. The first kappa shape index (κ1) is 15.6. The number of benzene rings is 1. The summed E-state index contributed by atoms with van der Waals surface area (Å²) in [5.74, 6) is 0.727. The van der Waals surface area contributed by atoms with E-state index < -0.39 is 0 Å². The second kappa shape index (κ2) is 7.87. The Balaban J connectivity index is 2.00. The Morgan fingerprint density at radius 1 is 1.50 bits per heavy atom. The Bertz CT molecular complexity index is 419. The predicted molar refractivity (Wildman–Crippen MR) is 82.6 cm³/mol. The molecule has 1 N–H and O–H groups in total. The predicted octanol–water partition coefficient (Wildman–Crippen LogP) is 3.96. The maximum Gasteiger partial charge on any atom is 0.137 e. The molecule has 0 bridgehead atoms. The number of ether oxygens (including phenoxy) is 2. The lowest BCUT2D eigenvalue weighted by Gasteiger charge is -2.21. The second-order valence-corrected chi connectivity index (χ2v) is 5.62. The molecule has 4 heteroatoms. The molecule has 2 unspecified atom stereocenters. The van der Waals surface area contributed by atoms with E-state index in [2.05, 4.69) is 18.3 Å². The van der Waals surface area contributed by atoms with Gasteiger partial charge in [-0.05, 0) is 49.9 Å². The molecule has 2 atom stereocenters. The lowest BCUT2D eigenvalue weighted by molar-refractivity contribution is 0.0996. The van der Waals surface area contributed by atoms with Crippen molar-refractivity contribution in [1.29, 1.82) is 0 Å². The Labute approximate surface area is 126 Å². The first-order valence-corrected chi connectivity index (χ1v) is 7.80. The molecule has 0 aromatic heterocycles. The molecule has 0 saturated carbocycles. The van der Waals surface area contributed by atoms with Gasteiger partial charge < -0.3 is 14.8 Å². The van der Waals surface area contributed by atoms with Crippen molar-refractivity contribution in [3.63, 3.8) is 0 Å². The van der Waals surface area contributed by atoms with Crippen molar-refractivity contribution >= 4 is 11.6 Å². The molecule has 1 aliphatic rings. The van der Waals surface area contributed by atoms with Crippen LogP contribution in [-0.2, 0) is 4.74 Å². The van der Waals surface area contributed by atoms with Crippen LogP contribution in [0.2, 0.25) is 5.02 Å². The van der Waals surface area contributed by atoms with E-state index in [0.29, 0.717) is 17.2 Å². The minimum absolute atomic E-state index is 0.326. The van der Waals surface area contributed by atoms with Crippen molar-refractivity contribution in [3.05, 3.63) is 28.8 Å². The lowest BCUT2D eigenvalue weighted by atomic mass is 9.99. The summed E-state index contributed by atoms with van der Waals surface area (Å²) in [7, 11) is 1.64. The Morgan fingerprint density at radius 2 is 2.35 bits per heavy atom. The zero-order valence-electron chi connectivity index (χ0n) is 12.3. The smallest absolute Gasteiger partial charge is 0.137 e. The van der Waals surface area contributed by atoms with Gasteiger partial charge in [0.25, 0.3) is 0 Å². The second-order valence-electron chi connectivity index (χ2n) is 5.22. The molecule has 1 saturated heterocycles. The van der Waals surface area contributed by atoms with Crippen molar-refractivity contribution < 1.29 is 9.47 Å². The van der Waals surface area contributed by atoms with Gasteiger partial charge in [-0.25, -0.2) is 0 Å². The molecule has 112 valence electrons. The van der Waals surface area contributed by atoms with Gasteiger partial charge in [-0.1, -0.05) is 24.6 Å². The average molecular weight is 298 g/mol. The van der Waals surface area contributed by atoms with E-state index in [9.17, 15) is 0 Å². The summed E-state index contributed by atoms with van der Waals surface area (Å²) < 4.78 is 10.9. The fourth-order valence-electron chi connectivity index (χ4n) is 2.76. The van der Waals surface area contributed by atoms with Crippen LogP contribution >= 0.6 is 11.6 Å². The highest BCUT2D eigenvalue weighted by Crippen LogP contribution is 2.30. The number of hydrogen-bond acceptors (Lipinski definition) is 3. The Hall–Kier alpha value is -0.770. The van der Waals surface area contributed by atoms with E-state index in [0.717, 1.165) is 31.7 Å². The van der Waals surface area contributed by atoms with Crippen LogP contribution in [0, 0.1) is 0 Å². The van der Waals surface area contributed by atoms with Crippen LogP contribution in [-0.4, -0.2) is 26.4 Å². The van der Waals surface area contributed by atoms with Crippen LogP contribution < -0.4 is 10.1 Å². The molecular weight excluding hydrogens is 274 g/mol. The van der Waals surface area contributed by atoms with Gasteiger partial charge in [-0.15, -0.1) is 0 Å². The largest absolute Gasteiger partial charge is 0.495 e. The van der Waals surface area contributed by atoms with Crippen LogP contribution in [0.4, 0.5) is 0 Å². The summed E-state index contributed by atoms with van der Waals surface area (Å²) in [6.45, 7) is 3.99. The lowest BCUT2D eigenvalue weighted by Crippen LogP contribution is -2.22. The molecule has 1 aromatic rings. The van der Waals surface area contributed by atoms with E-state index in [1.54, 1.807) is 7.11 Å². The molecule has 3 nitrogen and oxygen atoms in total. The maximum atomic E-state index is 6.22. The number of halogens is 1. The molecule has 1 aliphatic heterocycles. The summed E-state index contributed by atoms with van der Waals surface area (Å²) in [6, 6.07) is 6.36. The SMILES string of the molecule is CCNC(CCC1CCCO1)c1ccc(OC)c(Cl)c1. The fourth-order valence-corrected chi connectivity index (χ4v) is 3.02.